The van der Waals surface area contributed by atoms with Gasteiger partial charge in [-0.3, -0.25) is 4.79 Å². The Bertz CT molecular complexity index is 932. The number of nitrogens with zero attached hydrogens (tertiary/aromatic N) is 1. The van der Waals surface area contributed by atoms with Gasteiger partial charge in [0.2, 0.25) is 0 Å². The maximum atomic E-state index is 12.8. The average Bonchev–Trinajstić information content (AvgIpc) is 2.66. The van der Waals surface area contributed by atoms with E-state index in [4.69, 9.17) is 16.3 Å². The van der Waals surface area contributed by atoms with Crippen LogP contribution in [-0.2, 0) is 11.3 Å². The molecule has 0 aliphatic heterocycles. The smallest absolute Gasteiger partial charge is 0.197 e. The van der Waals surface area contributed by atoms with Crippen molar-refractivity contribution in [2.75, 3.05) is 13.7 Å². The lowest BCUT2D eigenvalue weighted by Gasteiger charge is -2.15. The highest BCUT2D eigenvalue weighted by atomic mass is 35.5. The van der Waals surface area contributed by atoms with Crippen molar-refractivity contribution in [1.29, 1.82) is 0 Å². The number of ether oxygens (including phenoxy) is 1. The van der Waals surface area contributed by atoms with Gasteiger partial charge in [-0.1, -0.05) is 49.4 Å². The van der Waals surface area contributed by atoms with Crippen molar-refractivity contribution in [3.63, 3.8) is 0 Å². The summed E-state index contributed by atoms with van der Waals surface area (Å²) < 4.78 is 7.36. The average molecular weight is 372 g/mol. The first kappa shape index (κ1) is 18.9. The van der Waals surface area contributed by atoms with E-state index < -0.39 is 0 Å². The van der Waals surface area contributed by atoms with E-state index in [9.17, 15) is 4.79 Å². The minimum atomic E-state index is 0.0625. The lowest BCUT2D eigenvalue weighted by atomic mass is 10.1. The Labute approximate surface area is 159 Å². The van der Waals surface area contributed by atoms with Crippen LogP contribution in [0, 0.1) is 0 Å². The number of para-hydroxylation sites is 1. The van der Waals surface area contributed by atoms with Crippen LogP contribution in [0.4, 0.5) is 0 Å². The highest BCUT2D eigenvalue weighted by molar-refractivity contribution is 6.31. The standard InChI is InChI=1S/C22H26ClNO2/c1-26-15-9-5-3-2-4-8-14-24-20-11-7-6-10-18(20)22(25)19-16-17(23)12-13-21(19)24/h6-7,10-13,16H,2-5,8-9,14-15H2,1H3. The molecule has 0 bridgehead atoms. The fourth-order valence-corrected chi connectivity index (χ4v) is 3.74. The SMILES string of the molecule is COCCCCCCCCn1c2ccccc2c(=O)c2cc(Cl)ccc21. The van der Waals surface area contributed by atoms with Gasteiger partial charge in [0.25, 0.3) is 0 Å². The third kappa shape index (κ3) is 4.28. The van der Waals surface area contributed by atoms with Gasteiger partial charge in [-0.05, 0) is 43.2 Å². The molecule has 3 rings (SSSR count). The van der Waals surface area contributed by atoms with Gasteiger partial charge >= 0.3 is 0 Å². The lowest BCUT2D eigenvalue weighted by molar-refractivity contribution is 0.192. The highest BCUT2D eigenvalue weighted by Gasteiger charge is 2.10. The molecule has 0 saturated heterocycles. The van der Waals surface area contributed by atoms with E-state index in [2.05, 4.69) is 4.57 Å². The summed E-state index contributed by atoms with van der Waals surface area (Å²) in [6.07, 6.45) is 7.18. The van der Waals surface area contributed by atoms with Crippen LogP contribution in [0.25, 0.3) is 21.8 Å². The molecule has 26 heavy (non-hydrogen) atoms. The molecule has 3 nitrogen and oxygen atoms in total. The molecular weight excluding hydrogens is 346 g/mol. The van der Waals surface area contributed by atoms with E-state index in [1.165, 1.54) is 25.7 Å². The van der Waals surface area contributed by atoms with Gasteiger partial charge in [0.05, 0.1) is 11.0 Å². The van der Waals surface area contributed by atoms with E-state index in [0.29, 0.717) is 10.4 Å². The molecule has 1 heterocycles. The molecule has 1 aromatic heterocycles. The molecule has 0 atom stereocenters. The Morgan fingerprint density at radius 3 is 2.38 bits per heavy atom. The third-order valence-electron chi connectivity index (χ3n) is 4.91. The zero-order chi connectivity index (χ0) is 18.4. The van der Waals surface area contributed by atoms with Crippen LogP contribution in [-0.4, -0.2) is 18.3 Å². The molecular formula is C22H26ClNO2. The van der Waals surface area contributed by atoms with Gasteiger partial charge in [-0.2, -0.15) is 0 Å². The number of benzene rings is 2. The van der Waals surface area contributed by atoms with Gasteiger partial charge in [-0.15, -0.1) is 0 Å². The summed E-state index contributed by atoms with van der Waals surface area (Å²) in [5.41, 5.74) is 2.04. The highest BCUT2D eigenvalue weighted by Crippen LogP contribution is 2.23. The van der Waals surface area contributed by atoms with Gasteiger partial charge in [0.1, 0.15) is 0 Å². The second-order valence-corrected chi connectivity index (χ2v) is 7.21. The molecule has 4 heteroatoms. The Balaban J connectivity index is 1.78. The minimum absolute atomic E-state index is 0.0625. The second-order valence-electron chi connectivity index (χ2n) is 6.77. The summed E-state index contributed by atoms with van der Waals surface area (Å²) in [7, 11) is 1.76. The molecule has 0 saturated carbocycles. The molecule has 0 aliphatic carbocycles. The van der Waals surface area contributed by atoms with Crippen LogP contribution in [0.5, 0.6) is 0 Å². The van der Waals surface area contributed by atoms with Gasteiger partial charge < -0.3 is 9.30 Å². The van der Waals surface area contributed by atoms with Crippen molar-refractivity contribution in [3.05, 3.63) is 57.7 Å². The maximum absolute atomic E-state index is 12.8. The summed E-state index contributed by atoms with van der Waals surface area (Å²) in [5.74, 6) is 0. The first-order chi connectivity index (χ1) is 12.7. The minimum Gasteiger partial charge on any atom is -0.385 e. The second kappa shape index (κ2) is 9.20. The maximum Gasteiger partial charge on any atom is 0.197 e. The fraction of sp³-hybridized carbons (Fsp3) is 0.409. The van der Waals surface area contributed by atoms with Gasteiger partial charge in [0, 0.05) is 36.1 Å². The fourth-order valence-electron chi connectivity index (χ4n) is 3.57. The van der Waals surface area contributed by atoms with Gasteiger partial charge in [-0.25, -0.2) is 0 Å². The van der Waals surface area contributed by atoms with Crippen LogP contribution < -0.4 is 5.43 Å². The number of aromatic nitrogens is 1. The predicted molar refractivity (Wildman–Crippen MR) is 110 cm³/mol. The number of rotatable bonds is 9. The van der Waals surface area contributed by atoms with Crippen LogP contribution in [0.1, 0.15) is 38.5 Å². The number of hydrogen-bond donors (Lipinski definition) is 0. The molecule has 0 amide bonds. The molecule has 138 valence electrons. The Morgan fingerprint density at radius 1 is 0.885 bits per heavy atom. The van der Waals surface area contributed by atoms with E-state index in [1.807, 2.05) is 36.4 Å². The van der Waals surface area contributed by atoms with Crippen molar-refractivity contribution in [2.45, 2.75) is 45.1 Å². The van der Waals surface area contributed by atoms with Gasteiger partial charge in [0.15, 0.2) is 5.43 Å². The van der Waals surface area contributed by atoms with Crippen molar-refractivity contribution in [1.82, 2.24) is 4.57 Å². The number of halogens is 1. The molecule has 3 aromatic rings. The Hall–Kier alpha value is -1.84. The van der Waals surface area contributed by atoms with Crippen molar-refractivity contribution >= 4 is 33.4 Å². The molecule has 0 N–H and O–H groups in total. The Morgan fingerprint density at radius 2 is 1.58 bits per heavy atom. The summed E-state index contributed by atoms with van der Waals surface area (Å²) in [6, 6.07) is 13.5. The van der Waals surface area contributed by atoms with Crippen LogP contribution >= 0.6 is 11.6 Å². The third-order valence-corrected chi connectivity index (χ3v) is 5.15. The van der Waals surface area contributed by atoms with E-state index in [-0.39, 0.29) is 5.43 Å². The normalized spacial score (nSPS) is 11.5. The molecule has 0 radical (unpaired) electrons. The zero-order valence-electron chi connectivity index (χ0n) is 15.3. The van der Waals surface area contributed by atoms with Crippen LogP contribution in [0.3, 0.4) is 0 Å². The molecule has 2 aromatic carbocycles. The number of unbranched alkanes of at least 4 members (excludes halogenated alkanes) is 5. The zero-order valence-corrected chi connectivity index (χ0v) is 16.1. The number of hydrogen-bond acceptors (Lipinski definition) is 2. The first-order valence-electron chi connectivity index (χ1n) is 9.42. The van der Waals surface area contributed by atoms with Crippen molar-refractivity contribution in [2.24, 2.45) is 0 Å². The molecule has 0 aliphatic rings. The molecule has 0 unspecified atom stereocenters. The monoisotopic (exact) mass is 371 g/mol. The van der Waals surface area contributed by atoms with Crippen molar-refractivity contribution < 1.29 is 4.74 Å². The van der Waals surface area contributed by atoms with Crippen LogP contribution in [0.2, 0.25) is 5.02 Å². The molecule has 0 fully saturated rings. The summed E-state index contributed by atoms with van der Waals surface area (Å²) in [4.78, 5) is 12.8. The summed E-state index contributed by atoms with van der Waals surface area (Å²) in [5, 5.41) is 2.07. The summed E-state index contributed by atoms with van der Waals surface area (Å²) in [6.45, 7) is 1.77. The largest absolute Gasteiger partial charge is 0.385 e. The van der Waals surface area contributed by atoms with E-state index in [1.54, 1.807) is 13.2 Å². The summed E-state index contributed by atoms with van der Waals surface area (Å²) >= 11 is 6.13. The lowest BCUT2D eigenvalue weighted by Crippen LogP contribution is -2.11. The number of methoxy groups -OCH3 is 1. The Kier molecular flexibility index (Phi) is 6.70. The quantitative estimate of drug-likeness (QED) is 0.352. The molecule has 0 spiro atoms. The number of fused-ring (bicyclic) bond motifs is 2. The number of pyridine rings is 1. The topological polar surface area (TPSA) is 31.2 Å². The van der Waals surface area contributed by atoms with Crippen LogP contribution in [0.15, 0.2) is 47.3 Å². The predicted octanol–water partition coefficient (Wildman–Crippen LogP) is 5.80. The van der Waals surface area contributed by atoms with Crippen molar-refractivity contribution in [3.8, 4) is 0 Å². The van der Waals surface area contributed by atoms with E-state index >= 15 is 0 Å². The first-order valence-corrected chi connectivity index (χ1v) is 9.80. The number of aryl methyl sites for hydroxylation is 1. The van der Waals surface area contributed by atoms with E-state index in [0.717, 1.165) is 42.4 Å².